The fraction of sp³-hybridized carbons (Fsp3) is 0.833. The van der Waals surface area contributed by atoms with Gasteiger partial charge >= 0.3 is 9.08 Å². The summed E-state index contributed by atoms with van der Waals surface area (Å²) in [5, 5.41) is 2.40. The molecule has 0 heterocycles. The summed E-state index contributed by atoms with van der Waals surface area (Å²) in [6, 6.07) is -1.00. The summed E-state index contributed by atoms with van der Waals surface area (Å²) < 4.78 is 35.1. The number of amides is 1. The summed E-state index contributed by atoms with van der Waals surface area (Å²) in [6.07, 6.45) is -0.423. The standard InChI is InChI=1S/C6H12F3NOSi/c1-5(2)10-6(11)3-4-12(7,8)9/h5H,3-4H2,1-2H3,(H,10,11). The van der Waals surface area contributed by atoms with Gasteiger partial charge in [-0.05, 0) is 13.8 Å². The Balaban J connectivity index is 3.58. The summed E-state index contributed by atoms with van der Waals surface area (Å²) in [5.74, 6) is -0.519. The molecular formula is C6H12F3NOSi. The molecule has 1 N–H and O–H groups in total. The van der Waals surface area contributed by atoms with Crippen molar-refractivity contribution < 1.29 is 17.1 Å². The van der Waals surface area contributed by atoms with Crippen molar-refractivity contribution in [3.8, 4) is 0 Å². The number of nitrogens with one attached hydrogen (secondary N) is 1. The Hall–Kier alpha value is -0.523. The molecule has 0 saturated carbocycles. The van der Waals surface area contributed by atoms with Crippen LogP contribution >= 0.6 is 0 Å². The molecule has 0 saturated heterocycles. The van der Waals surface area contributed by atoms with Gasteiger partial charge < -0.3 is 5.32 Å². The normalized spacial score (nSPS) is 11.8. The first-order chi connectivity index (χ1) is 5.31. The van der Waals surface area contributed by atoms with Crippen LogP contribution in [0.25, 0.3) is 0 Å². The number of carbonyl (C=O) groups is 1. The Morgan fingerprint density at radius 2 is 1.92 bits per heavy atom. The highest BCUT2D eigenvalue weighted by Gasteiger charge is 2.36. The second kappa shape index (κ2) is 4.49. The maximum absolute atomic E-state index is 11.7. The van der Waals surface area contributed by atoms with Crippen molar-refractivity contribution in [3.63, 3.8) is 0 Å². The smallest absolute Gasteiger partial charge is 0.354 e. The van der Waals surface area contributed by atoms with Crippen LogP contribution in [0, 0.1) is 0 Å². The van der Waals surface area contributed by atoms with Crippen LogP contribution in [-0.2, 0) is 4.79 Å². The van der Waals surface area contributed by atoms with E-state index in [9.17, 15) is 17.1 Å². The first kappa shape index (κ1) is 11.5. The van der Waals surface area contributed by atoms with Gasteiger partial charge in [0.05, 0.1) is 0 Å². The molecule has 0 aromatic rings. The van der Waals surface area contributed by atoms with Crippen molar-refractivity contribution in [1.29, 1.82) is 0 Å². The number of halogens is 3. The van der Waals surface area contributed by atoms with E-state index in [4.69, 9.17) is 0 Å². The lowest BCUT2D eigenvalue weighted by Gasteiger charge is -2.07. The molecule has 12 heavy (non-hydrogen) atoms. The number of rotatable bonds is 4. The third-order valence-corrected chi connectivity index (χ3v) is 1.90. The Morgan fingerprint density at radius 3 is 2.25 bits per heavy atom. The summed E-state index contributed by atoms with van der Waals surface area (Å²) in [7, 11) is -5.53. The van der Waals surface area contributed by atoms with Crippen molar-refractivity contribution in [2.24, 2.45) is 0 Å². The molecule has 0 bridgehead atoms. The molecule has 1 amide bonds. The van der Waals surface area contributed by atoms with Gasteiger partial charge in [0, 0.05) is 18.5 Å². The van der Waals surface area contributed by atoms with Crippen molar-refractivity contribution in [3.05, 3.63) is 0 Å². The highest BCUT2D eigenvalue weighted by molar-refractivity contribution is 6.58. The van der Waals surface area contributed by atoms with Crippen LogP contribution in [0.1, 0.15) is 20.3 Å². The van der Waals surface area contributed by atoms with Crippen LogP contribution in [0.3, 0.4) is 0 Å². The van der Waals surface area contributed by atoms with E-state index in [1.807, 2.05) is 0 Å². The Morgan fingerprint density at radius 1 is 1.42 bits per heavy atom. The maximum atomic E-state index is 11.7. The molecule has 0 rings (SSSR count). The van der Waals surface area contributed by atoms with Crippen molar-refractivity contribution in [2.45, 2.75) is 32.4 Å². The van der Waals surface area contributed by atoms with Gasteiger partial charge in [0.15, 0.2) is 0 Å². The van der Waals surface area contributed by atoms with Gasteiger partial charge in [0.25, 0.3) is 0 Å². The van der Waals surface area contributed by atoms with E-state index in [-0.39, 0.29) is 6.04 Å². The fourth-order valence-electron chi connectivity index (χ4n) is 0.649. The topological polar surface area (TPSA) is 29.1 Å². The summed E-state index contributed by atoms with van der Waals surface area (Å²) in [4.78, 5) is 10.7. The van der Waals surface area contributed by atoms with Gasteiger partial charge in [0.2, 0.25) is 5.91 Å². The summed E-state index contributed by atoms with van der Waals surface area (Å²) in [6.45, 7) is 3.42. The van der Waals surface area contributed by atoms with Crippen LogP contribution in [0.15, 0.2) is 0 Å². The van der Waals surface area contributed by atoms with Crippen LogP contribution in [-0.4, -0.2) is 21.0 Å². The highest BCUT2D eigenvalue weighted by atomic mass is 28.5. The van der Waals surface area contributed by atoms with E-state index in [0.29, 0.717) is 0 Å². The molecule has 0 aliphatic heterocycles. The Bertz CT molecular complexity index is 157. The van der Waals surface area contributed by atoms with Crippen molar-refractivity contribution in [1.82, 2.24) is 5.32 Å². The first-order valence-corrected chi connectivity index (χ1v) is 5.51. The zero-order valence-electron chi connectivity index (χ0n) is 7.03. The van der Waals surface area contributed by atoms with E-state index in [0.717, 1.165) is 0 Å². The predicted octanol–water partition coefficient (Wildman–Crippen LogP) is 1.75. The van der Waals surface area contributed by atoms with Crippen LogP contribution in [0.2, 0.25) is 6.04 Å². The molecule has 0 atom stereocenters. The molecule has 2 nitrogen and oxygen atoms in total. The average Bonchev–Trinajstić information content (AvgIpc) is 1.80. The van der Waals surface area contributed by atoms with Crippen molar-refractivity contribution >= 4 is 15.0 Å². The second-order valence-corrected chi connectivity index (χ2v) is 4.57. The molecule has 0 aromatic carbocycles. The lowest BCUT2D eigenvalue weighted by atomic mass is 10.3. The zero-order chi connectivity index (χ0) is 9.78. The van der Waals surface area contributed by atoms with E-state index in [1.165, 1.54) is 0 Å². The summed E-state index contributed by atoms with van der Waals surface area (Å²) in [5.41, 5.74) is 0. The number of hydrogen-bond acceptors (Lipinski definition) is 1. The molecule has 6 heteroatoms. The first-order valence-electron chi connectivity index (χ1n) is 3.67. The van der Waals surface area contributed by atoms with E-state index >= 15 is 0 Å². The maximum Gasteiger partial charge on any atom is 0.616 e. The van der Waals surface area contributed by atoms with Gasteiger partial charge in [-0.1, -0.05) is 0 Å². The second-order valence-electron chi connectivity index (χ2n) is 2.84. The van der Waals surface area contributed by atoms with Gasteiger partial charge in [-0.2, -0.15) is 0 Å². The molecule has 0 aliphatic rings. The fourth-order valence-corrected chi connectivity index (χ4v) is 1.16. The minimum absolute atomic E-state index is 0.0904. The van der Waals surface area contributed by atoms with Crippen LogP contribution < -0.4 is 5.32 Å². The molecule has 0 unspecified atom stereocenters. The lowest BCUT2D eigenvalue weighted by molar-refractivity contribution is -0.121. The van der Waals surface area contributed by atoms with Gasteiger partial charge in [-0.15, -0.1) is 0 Å². The van der Waals surface area contributed by atoms with Gasteiger partial charge in [-0.3, -0.25) is 4.79 Å². The highest BCUT2D eigenvalue weighted by Crippen LogP contribution is 2.16. The number of carbonyl (C=O) groups excluding carboxylic acids is 1. The Labute approximate surface area is 70.7 Å². The Kier molecular flexibility index (Phi) is 4.29. The quantitative estimate of drug-likeness (QED) is 0.542. The molecule has 0 spiro atoms. The third-order valence-electron chi connectivity index (χ3n) is 1.09. The SMILES string of the molecule is CC(C)NC(=O)CC[Si](F)(F)F. The summed E-state index contributed by atoms with van der Waals surface area (Å²) >= 11 is 0. The minimum Gasteiger partial charge on any atom is -0.354 e. The minimum atomic E-state index is -5.53. The molecular weight excluding hydrogens is 187 g/mol. The van der Waals surface area contributed by atoms with Crippen LogP contribution in [0.4, 0.5) is 12.3 Å². The molecule has 0 radical (unpaired) electrons. The molecule has 0 aromatic heterocycles. The van der Waals surface area contributed by atoms with Crippen molar-refractivity contribution in [2.75, 3.05) is 0 Å². The number of hydrogen-bond donors (Lipinski definition) is 1. The van der Waals surface area contributed by atoms with E-state index < -0.39 is 27.4 Å². The van der Waals surface area contributed by atoms with Gasteiger partial charge in [-0.25, -0.2) is 12.3 Å². The van der Waals surface area contributed by atoms with Gasteiger partial charge in [0.1, 0.15) is 0 Å². The molecule has 72 valence electrons. The molecule has 0 fully saturated rings. The lowest BCUT2D eigenvalue weighted by Crippen LogP contribution is -2.31. The third kappa shape index (κ3) is 7.58. The predicted molar refractivity (Wildman–Crippen MR) is 41.8 cm³/mol. The largest absolute Gasteiger partial charge is 0.616 e. The molecule has 0 aliphatic carbocycles. The average molecular weight is 199 g/mol. The monoisotopic (exact) mass is 199 g/mol. The van der Waals surface area contributed by atoms with E-state index in [2.05, 4.69) is 5.32 Å². The van der Waals surface area contributed by atoms with E-state index in [1.54, 1.807) is 13.8 Å². The zero-order valence-corrected chi connectivity index (χ0v) is 8.03. The van der Waals surface area contributed by atoms with Crippen LogP contribution in [0.5, 0.6) is 0 Å².